The molecular weight excluding hydrogens is 246 g/mol. The number of aryl methyl sites for hydroxylation is 1. The van der Waals surface area contributed by atoms with Gasteiger partial charge < -0.3 is 11.1 Å². The summed E-state index contributed by atoms with van der Waals surface area (Å²) in [5.41, 5.74) is 9.05. The van der Waals surface area contributed by atoms with Crippen LogP contribution < -0.4 is 11.1 Å². The monoisotopic (exact) mass is 262 g/mol. The van der Waals surface area contributed by atoms with Gasteiger partial charge in [0, 0.05) is 24.0 Å². The summed E-state index contributed by atoms with van der Waals surface area (Å²) in [6.45, 7) is 2.56. The Morgan fingerprint density at radius 3 is 2.37 bits per heavy atom. The number of hydrogen-bond donors (Lipinski definition) is 2. The molecule has 0 heterocycles. The van der Waals surface area contributed by atoms with Crippen molar-refractivity contribution in [3.8, 4) is 0 Å². The lowest BCUT2D eigenvalue weighted by Gasteiger charge is -2.10. The van der Waals surface area contributed by atoms with Gasteiger partial charge in [0.1, 0.15) is 11.6 Å². The third-order valence-corrected chi connectivity index (χ3v) is 2.90. The number of rotatable bonds is 4. The van der Waals surface area contributed by atoms with Crippen molar-refractivity contribution in [2.75, 3.05) is 17.6 Å². The molecule has 0 saturated heterocycles. The minimum absolute atomic E-state index is 0.543. The van der Waals surface area contributed by atoms with Gasteiger partial charge in [-0.15, -0.1) is 0 Å². The Morgan fingerprint density at radius 1 is 1.05 bits per heavy atom. The first-order valence-electron chi connectivity index (χ1n) is 6.09. The lowest BCUT2D eigenvalue weighted by molar-refractivity contribution is 0.580. The van der Waals surface area contributed by atoms with Crippen LogP contribution in [0.25, 0.3) is 0 Å². The van der Waals surface area contributed by atoms with E-state index in [-0.39, 0.29) is 0 Å². The molecule has 2 nitrogen and oxygen atoms in total. The zero-order chi connectivity index (χ0) is 13.8. The van der Waals surface area contributed by atoms with Crippen LogP contribution in [0.3, 0.4) is 0 Å². The molecule has 2 aromatic carbocycles. The highest BCUT2D eigenvalue weighted by Crippen LogP contribution is 2.17. The summed E-state index contributed by atoms with van der Waals surface area (Å²) in [5.74, 6) is -1.09. The zero-order valence-electron chi connectivity index (χ0n) is 10.7. The maximum Gasteiger partial charge on any atom is 0.126 e. The molecule has 0 aromatic heterocycles. The van der Waals surface area contributed by atoms with E-state index in [1.807, 2.05) is 25.1 Å². The summed E-state index contributed by atoms with van der Waals surface area (Å²) in [4.78, 5) is 0. The van der Waals surface area contributed by atoms with Crippen molar-refractivity contribution in [3.63, 3.8) is 0 Å². The van der Waals surface area contributed by atoms with E-state index in [0.29, 0.717) is 18.5 Å². The molecule has 3 N–H and O–H groups in total. The molecule has 19 heavy (non-hydrogen) atoms. The van der Waals surface area contributed by atoms with Gasteiger partial charge in [0.2, 0.25) is 0 Å². The molecular formula is C15H16F2N2. The molecule has 0 aliphatic heterocycles. The Balaban J connectivity index is 1.96. The molecule has 0 amide bonds. The second kappa shape index (κ2) is 5.69. The van der Waals surface area contributed by atoms with Crippen LogP contribution >= 0.6 is 0 Å². The van der Waals surface area contributed by atoms with Crippen molar-refractivity contribution >= 4 is 11.4 Å². The minimum Gasteiger partial charge on any atom is -0.399 e. The first-order valence-corrected chi connectivity index (χ1v) is 6.09. The molecule has 100 valence electrons. The zero-order valence-corrected chi connectivity index (χ0v) is 10.7. The van der Waals surface area contributed by atoms with E-state index in [0.717, 1.165) is 23.0 Å². The van der Waals surface area contributed by atoms with Crippen LogP contribution in [0.2, 0.25) is 0 Å². The van der Waals surface area contributed by atoms with Crippen LogP contribution in [0.1, 0.15) is 11.1 Å². The molecule has 0 saturated carbocycles. The number of anilines is 2. The summed E-state index contributed by atoms with van der Waals surface area (Å²) in [5, 5.41) is 3.23. The van der Waals surface area contributed by atoms with Crippen molar-refractivity contribution in [2.24, 2.45) is 0 Å². The lowest BCUT2D eigenvalue weighted by atomic mass is 10.1. The van der Waals surface area contributed by atoms with Gasteiger partial charge in [-0.25, -0.2) is 8.78 Å². The summed E-state index contributed by atoms with van der Waals surface area (Å²) in [6.07, 6.45) is 0.554. The fourth-order valence-corrected chi connectivity index (χ4v) is 1.98. The number of nitrogens with one attached hydrogen (secondary N) is 1. The summed E-state index contributed by atoms with van der Waals surface area (Å²) in [6, 6.07) is 9.17. The highest BCUT2D eigenvalue weighted by atomic mass is 19.1. The Morgan fingerprint density at radius 2 is 1.74 bits per heavy atom. The van der Waals surface area contributed by atoms with Gasteiger partial charge in [-0.05, 0) is 54.8 Å². The summed E-state index contributed by atoms with van der Waals surface area (Å²) >= 11 is 0. The van der Waals surface area contributed by atoms with E-state index in [1.165, 1.54) is 12.1 Å². The summed E-state index contributed by atoms with van der Waals surface area (Å²) < 4.78 is 26.0. The highest BCUT2D eigenvalue weighted by molar-refractivity contribution is 5.57. The van der Waals surface area contributed by atoms with Gasteiger partial charge >= 0.3 is 0 Å². The highest BCUT2D eigenvalue weighted by Gasteiger charge is 2.02. The van der Waals surface area contributed by atoms with Crippen LogP contribution in [-0.2, 0) is 6.42 Å². The predicted octanol–water partition coefficient (Wildman–Crippen LogP) is 3.51. The topological polar surface area (TPSA) is 38.0 Å². The molecule has 0 fully saturated rings. The van der Waals surface area contributed by atoms with Gasteiger partial charge in [0.05, 0.1) is 0 Å². The van der Waals surface area contributed by atoms with E-state index in [2.05, 4.69) is 5.32 Å². The normalized spacial score (nSPS) is 10.5. The fraction of sp³-hybridized carbons (Fsp3) is 0.200. The van der Waals surface area contributed by atoms with E-state index in [4.69, 9.17) is 5.73 Å². The summed E-state index contributed by atoms with van der Waals surface area (Å²) in [7, 11) is 0. The van der Waals surface area contributed by atoms with Gasteiger partial charge in [0.15, 0.2) is 0 Å². The first kappa shape index (κ1) is 13.3. The number of nitrogens with two attached hydrogens (primary N) is 1. The van der Waals surface area contributed by atoms with Crippen molar-refractivity contribution in [1.82, 2.24) is 0 Å². The van der Waals surface area contributed by atoms with Gasteiger partial charge in [-0.3, -0.25) is 0 Å². The Hall–Kier alpha value is -2.10. The third kappa shape index (κ3) is 3.68. The van der Waals surface area contributed by atoms with E-state index in [9.17, 15) is 8.78 Å². The number of halogens is 2. The van der Waals surface area contributed by atoms with Gasteiger partial charge in [-0.1, -0.05) is 0 Å². The number of benzene rings is 2. The molecule has 0 unspecified atom stereocenters. The number of hydrogen-bond acceptors (Lipinski definition) is 2. The Bertz CT molecular complexity index is 562. The molecule has 0 aliphatic rings. The van der Waals surface area contributed by atoms with Crippen LogP contribution in [-0.4, -0.2) is 6.54 Å². The second-order valence-corrected chi connectivity index (χ2v) is 4.53. The first-order chi connectivity index (χ1) is 9.04. The molecule has 2 rings (SSSR count). The maximum absolute atomic E-state index is 13.0. The average molecular weight is 262 g/mol. The molecule has 4 heteroatoms. The minimum atomic E-state index is -0.543. The van der Waals surface area contributed by atoms with Crippen LogP contribution in [0.5, 0.6) is 0 Å². The Labute approximate surface area is 111 Å². The van der Waals surface area contributed by atoms with Crippen molar-refractivity contribution in [3.05, 3.63) is 59.2 Å². The van der Waals surface area contributed by atoms with Crippen LogP contribution in [0, 0.1) is 18.6 Å². The van der Waals surface area contributed by atoms with Gasteiger partial charge in [0.25, 0.3) is 0 Å². The molecule has 0 bridgehead atoms. The number of nitrogen functional groups attached to an aromatic ring is 1. The third-order valence-electron chi connectivity index (χ3n) is 2.90. The van der Waals surface area contributed by atoms with Crippen LogP contribution in [0.15, 0.2) is 36.4 Å². The average Bonchev–Trinajstić information content (AvgIpc) is 2.30. The molecule has 0 radical (unpaired) electrons. The van der Waals surface area contributed by atoms with Gasteiger partial charge in [-0.2, -0.15) is 0 Å². The second-order valence-electron chi connectivity index (χ2n) is 4.53. The molecule has 0 aliphatic carbocycles. The quantitative estimate of drug-likeness (QED) is 0.827. The van der Waals surface area contributed by atoms with Crippen LogP contribution in [0.4, 0.5) is 20.2 Å². The SMILES string of the molecule is Cc1cc(N)ccc1NCCc1cc(F)cc(F)c1. The molecule has 2 aromatic rings. The molecule has 0 spiro atoms. The standard InChI is InChI=1S/C15H16F2N2/c1-10-6-14(18)2-3-15(10)19-5-4-11-7-12(16)9-13(17)8-11/h2-3,6-9,19H,4-5,18H2,1H3. The molecule has 0 atom stereocenters. The van der Waals surface area contributed by atoms with E-state index < -0.39 is 11.6 Å². The van der Waals surface area contributed by atoms with Crippen molar-refractivity contribution in [1.29, 1.82) is 0 Å². The van der Waals surface area contributed by atoms with Crippen molar-refractivity contribution < 1.29 is 8.78 Å². The van der Waals surface area contributed by atoms with Crippen molar-refractivity contribution in [2.45, 2.75) is 13.3 Å². The fourth-order valence-electron chi connectivity index (χ4n) is 1.98. The smallest absolute Gasteiger partial charge is 0.126 e. The maximum atomic E-state index is 13.0. The predicted molar refractivity (Wildman–Crippen MR) is 74.1 cm³/mol. The van der Waals surface area contributed by atoms with E-state index in [1.54, 1.807) is 0 Å². The lowest BCUT2D eigenvalue weighted by Crippen LogP contribution is -2.06. The Kier molecular flexibility index (Phi) is 4.00. The van der Waals surface area contributed by atoms with E-state index >= 15 is 0 Å². The largest absolute Gasteiger partial charge is 0.399 e.